The van der Waals surface area contributed by atoms with Crippen molar-refractivity contribution >= 4 is 65.6 Å². The molecule has 0 radical (unpaired) electrons. The van der Waals surface area contributed by atoms with Gasteiger partial charge in [-0.05, 0) is 54.6 Å². The zero-order chi connectivity index (χ0) is 33.5. The van der Waals surface area contributed by atoms with Crippen LogP contribution >= 0.6 is 0 Å². The predicted octanol–water partition coefficient (Wildman–Crippen LogP) is 11.9. The van der Waals surface area contributed by atoms with Gasteiger partial charge in [-0.25, -0.2) is 9.97 Å². The monoisotopic (exact) mass is 652 g/mol. The molecule has 4 aromatic heterocycles. The number of rotatable bonds is 4. The Hall–Kier alpha value is -6.98. The summed E-state index contributed by atoms with van der Waals surface area (Å²) in [5.74, 6) is 0.637. The molecule has 0 spiro atoms. The Labute approximate surface area is 292 Å². The van der Waals surface area contributed by atoms with Crippen LogP contribution in [0.2, 0.25) is 0 Å². The first-order chi connectivity index (χ1) is 25.3. The third-order valence-electron chi connectivity index (χ3n) is 10.1. The lowest BCUT2D eigenvalue weighted by Gasteiger charge is -2.12. The largest absolute Gasteiger partial charge is 0.455 e. The first kappa shape index (κ1) is 27.9. The van der Waals surface area contributed by atoms with Crippen LogP contribution in [0.15, 0.2) is 174 Å². The molecule has 7 aromatic carbocycles. The van der Waals surface area contributed by atoms with Gasteiger partial charge in [0.15, 0.2) is 0 Å². The van der Waals surface area contributed by atoms with Gasteiger partial charge in [0.2, 0.25) is 5.95 Å². The summed E-state index contributed by atoms with van der Waals surface area (Å²) in [6.45, 7) is 0. The van der Waals surface area contributed by atoms with E-state index in [4.69, 9.17) is 14.4 Å². The smallest absolute Gasteiger partial charge is 0.235 e. The third-order valence-corrected chi connectivity index (χ3v) is 10.1. The van der Waals surface area contributed by atoms with Crippen LogP contribution in [0.1, 0.15) is 0 Å². The highest BCUT2D eigenvalue weighted by molar-refractivity contribution is 6.24. The fraction of sp³-hybridized carbons (Fsp3) is 0. The third kappa shape index (κ3) is 4.15. The van der Waals surface area contributed by atoms with Crippen molar-refractivity contribution in [2.75, 3.05) is 0 Å². The van der Waals surface area contributed by atoms with Crippen molar-refractivity contribution in [2.24, 2.45) is 0 Å². The summed E-state index contributed by atoms with van der Waals surface area (Å²) in [6.07, 6.45) is 0. The number of fused-ring (bicyclic) bond motifs is 10. The van der Waals surface area contributed by atoms with Gasteiger partial charge in [0.1, 0.15) is 11.2 Å². The lowest BCUT2D eigenvalue weighted by Crippen LogP contribution is -2.04. The summed E-state index contributed by atoms with van der Waals surface area (Å²) in [5, 5.41) is 6.83. The molecule has 0 N–H and O–H groups in total. The number of aromatic nitrogens is 4. The van der Waals surface area contributed by atoms with Gasteiger partial charge in [-0.15, -0.1) is 0 Å². The first-order valence-corrected chi connectivity index (χ1v) is 17.2. The maximum Gasteiger partial charge on any atom is 0.235 e. The number of nitrogens with zero attached hydrogens (tertiary/aromatic N) is 4. The lowest BCUT2D eigenvalue weighted by atomic mass is 10.1. The Bertz CT molecular complexity index is 3080. The SMILES string of the molecule is c1ccc(-c2cc(-c3ccccc3)nc(-n3c4ccccc4c4cc(-n5c6ccccc6c6c7oc8ccccc8c7ccc65)ccc43)n2)cc1. The minimum Gasteiger partial charge on any atom is -0.455 e. The summed E-state index contributed by atoms with van der Waals surface area (Å²) in [6, 6.07) is 59.4. The molecule has 0 bridgehead atoms. The molecule has 0 aliphatic heterocycles. The van der Waals surface area contributed by atoms with Crippen molar-refractivity contribution in [1.29, 1.82) is 0 Å². The number of benzene rings is 7. The Morgan fingerprint density at radius 3 is 1.69 bits per heavy atom. The molecule has 0 unspecified atom stereocenters. The van der Waals surface area contributed by atoms with Crippen molar-refractivity contribution in [2.45, 2.75) is 0 Å². The van der Waals surface area contributed by atoms with E-state index >= 15 is 0 Å². The molecule has 11 rings (SSSR count). The van der Waals surface area contributed by atoms with Gasteiger partial charge >= 0.3 is 0 Å². The first-order valence-electron chi connectivity index (χ1n) is 17.2. The second kappa shape index (κ2) is 10.8. The van der Waals surface area contributed by atoms with Crippen molar-refractivity contribution in [1.82, 2.24) is 19.1 Å². The highest BCUT2D eigenvalue weighted by Crippen LogP contribution is 2.41. The molecule has 0 aliphatic rings. The van der Waals surface area contributed by atoms with Gasteiger partial charge in [0.25, 0.3) is 0 Å². The Kier molecular flexibility index (Phi) is 5.89. The van der Waals surface area contributed by atoms with E-state index in [1.807, 2.05) is 24.3 Å². The molecular formula is C46H28N4O. The van der Waals surface area contributed by atoms with Gasteiger partial charge < -0.3 is 8.98 Å². The van der Waals surface area contributed by atoms with Crippen molar-refractivity contribution in [3.63, 3.8) is 0 Å². The molecule has 0 amide bonds. The topological polar surface area (TPSA) is 48.8 Å². The molecule has 51 heavy (non-hydrogen) atoms. The molecule has 4 heterocycles. The van der Waals surface area contributed by atoms with Crippen LogP contribution in [0.3, 0.4) is 0 Å². The lowest BCUT2D eigenvalue weighted by molar-refractivity contribution is 0.673. The second-order valence-corrected chi connectivity index (χ2v) is 13.0. The summed E-state index contributed by atoms with van der Waals surface area (Å²) < 4.78 is 11.1. The average molecular weight is 653 g/mol. The van der Waals surface area contributed by atoms with Crippen LogP contribution in [0.5, 0.6) is 0 Å². The van der Waals surface area contributed by atoms with E-state index in [9.17, 15) is 0 Å². The summed E-state index contributed by atoms with van der Waals surface area (Å²) >= 11 is 0. The fourth-order valence-corrected chi connectivity index (χ4v) is 7.88. The minimum atomic E-state index is 0.637. The summed E-state index contributed by atoms with van der Waals surface area (Å²) in [4.78, 5) is 10.4. The van der Waals surface area contributed by atoms with Crippen LogP contribution in [0.25, 0.3) is 99.7 Å². The van der Waals surface area contributed by atoms with E-state index in [0.29, 0.717) is 5.95 Å². The average Bonchev–Trinajstić information content (AvgIpc) is 3.86. The molecule has 0 saturated heterocycles. The minimum absolute atomic E-state index is 0.637. The van der Waals surface area contributed by atoms with E-state index in [1.54, 1.807) is 0 Å². The highest BCUT2D eigenvalue weighted by Gasteiger charge is 2.21. The normalized spacial score (nSPS) is 11.9. The molecule has 0 saturated carbocycles. The van der Waals surface area contributed by atoms with Gasteiger partial charge in [-0.2, -0.15) is 0 Å². The fourth-order valence-electron chi connectivity index (χ4n) is 7.88. The van der Waals surface area contributed by atoms with E-state index in [-0.39, 0.29) is 0 Å². The quantitative estimate of drug-likeness (QED) is 0.190. The Morgan fingerprint density at radius 2 is 0.961 bits per heavy atom. The summed E-state index contributed by atoms with van der Waals surface area (Å²) in [7, 11) is 0. The molecule has 5 nitrogen and oxygen atoms in total. The van der Waals surface area contributed by atoms with Crippen molar-refractivity contribution in [3.05, 3.63) is 170 Å². The molecule has 11 aromatic rings. The highest BCUT2D eigenvalue weighted by atomic mass is 16.3. The Balaban J connectivity index is 1.18. The van der Waals surface area contributed by atoms with E-state index < -0.39 is 0 Å². The van der Waals surface area contributed by atoms with E-state index in [0.717, 1.165) is 88.4 Å². The molecule has 238 valence electrons. The molecule has 0 atom stereocenters. The van der Waals surface area contributed by atoms with Gasteiger partial charge in [0, 0.05) is 43.7 Å². The molecule has 0 fully saturated rings. The maximum atomic E-state index is 6.56. The predicted molar refractivity (Wildman–Crippen MR) is 209 cm³/mol. The zero-order valence-electron chi connectivity index (χ0n) is 27.4. The maximum absolute atomic E-state index is 6.56. The van der Waals surface area contributed by atoms with Gasteiger partial charge in [0.05, 0.1) is 38.8 Å². The van der Waals surface area contributed by atoms with Gasteiger partial charge in [-0.3, -0.25) is 4.57 Å². The Morgan fingerprint density at radius 1 is 0.392 bits per heavy atom. The van der Waals surface area contributed by atoms with Gasteiger partial charge in [-0.1, -0.05) is 115 Å². The second-order valence-electron chi connectivity index (χ2n) is 13.0. The van der Waals surface area contributed by atoms with E-state index in [1.165, 1.54) is 5.39 Å². The van der Waals surface area contributed by atoms with Crippen LogP contribution in [-0.4, -0.2) is 19.1 Å². The van der Waals surface area contributed by atoms with Crippen LogP contribution in [-0.2, 0) is 0 Å². The number of para-hydroxylation sites is 3. The van der Waals surface area contributed by atoms with Crippen LogP contribution < -0.4 is 0 Å². The molecule has 5 heteroatoms. The number of hydrogen-bond acceptors (Lipinski definition) is 3. The van der Waals surface area contributed by atoms with Crippen LogP contribution in [0.4, 0.5) is 0 Å². The molecule has 0 aliphatic carbocycles. The molecular weight excluding hydrogens is 625 g/mol. The zero-order valence-corrected chi connectivity index (χ0v) is 27.4. The summed E-state index contributed by atoms with van der Waals surface area (Å²) in [5.41, 5.74) is 11.1. The van der Waals surface area contributed by atoms with Crippen LogP contribution in [0, 0.1) is 0 Å². The van der Waals surface area contributed by atoms with E-state index in [2.05, 4.69) is 155 Å². The standard InChI is InChI=1S/C46H28N4O/c1-3-13-29(14-4-1)37-28-38(30-15-5-2-6-16-30)48-46(47-37)50-39-20-10-7-17-32(39)36-27-31(23-25-41(36)50)49-40-21-11-8-19-35(40)44-42(49)26-24-34-33-18-9-12-22-43(33)51-45(34)44/h1-28H. The number of furan rings is 1. The van der Waals surface area contributed by atoms with Crippen molar-refractivity contribution in [3.8, 4) is 34.2 Å². The number of hydrogen-bond donors (Lipinski definition) is 0. The van der Waals surface area contributed by atoms with Crippen molar-refractivity contribution < 1.29 is 4.42 Å².